The first-order chi connectivity index (χ1) is 7.03. The van der Waals surface area contributed by atoms with Crippen LogP contribution in [0.1, 0.15) is 26.8 Å². The highest BCUT2D eigenvalue weighted by Gasteiger charge is 2.14. The zero-order valence-electron chi connectivity index (χ0n) is 10.0. The van der Waals surface area contributed by atoms with Gasteiger partial charge in [0, 0.05) is 31.6 Å². The van der Waals surface area contributed by atoms with Gasteiger partial charge >= 0.3 is 0 Å². The van der Waals surface area contributed by atoms with E-state index in [0.29, 0.717) is 12.6 Å². The maximum Gasteiger partial charge on any atom is 0.0949 e. The van der Waals surface area contributed by atoms with Gasteiger partial charge in [-0.2, -0.15) is 0 Å². The molecule has 1 N–H and O–H groups in total. The highest BCUT2D eigenvalue weighted by Crippen LogP contribution is 2.07. The molecule has 0 fully saturated rings. The molecule has 0 aliphatic rings. The minimum absolute atomic E-state index is 0.132. The first-order valence-corrected chi connectivity index (χ1v) is 5.24. The second-order valence-corrected chi connectivity index (χ2v) is 4.75. The lowest BCUT2D eigenvalue weighted by atomic mass is 10.1. The summed E-state index contributed by atoms with van der Waals surface area (Å²) in [6.07, 6.45) is 5.59. The van der Waals surface area contributed by atoms with Gasteiger partial charge in [-0.3, -0.25) is 0 Å². The van der Waals surface area contributed by atoms with Gasteiger partial charge in [-0.25, -0.2) is 4.98 Å². The SMILES string of the molecule is COCC(CNC(C)(C)C)n1ccnc1. The number of hydrogen-bond donors (Lipinski definition) is 1. The molecule has 0 spiro atoms. The quantitative estimate of drug-likeness (QED) is 0.801. The molecule has 0 radical (unpaired) electrons. The second-order valence-electron chi connectivity index (χ2n) is 4.75. The third-order valence-corrected chi connectivity index (χ3v) is 2.17. The van der Waals surface area contributed by atoms with Crippen LogP contribution in [-0.4, -0.2) is 35.4 Å². The van der Waals surface area contributed by atoms with Crippen LogP contribution in [0.5, 0.6) is 0 Å². The molecular weight excluding hydrogens is 190 g/mol. The van der Waals surface area contributed by atoms with Crippen molar-refractivity contribution in [1.29, 1.82) is 0 Å². The van der Waals surface area contributed by atoms with Crippen LogP contribution in [-0.2, 0) is 4.74 Å². The number of aromatic nitrogens is 2. The average molecular weight is 211 g/mol. The number of rotatable bonds is 5. The monoisotopic (exact) mass is 211 g/mol. The molecule has 1 aromatic heterocycles. The van der Waals surface area contributed by atoms with Crippen LogP contribution in [0.4, 0.5) is 0 Å². The Morgan fingerprint density at radius 2 is 2.20 bits per heavy atom. The van der Waals surface area contributed by atoms with Crippen LogP contribution >= 0.6 is 0 Å². The molecule has 15 heavy (non-hydrogen) atoms. The Morgan fingerprint density at radius 3 is 2.67 bits per heavy atom. The van der Waals surface area contributed by atoms with Crippen molar-refractivity contribution in [2.75, 3.05) is 20.3 Å². The summed E-state index contributed by atoms with van der Waals surface area (Å²) < 4.78 is 7.28. The van der Waals surface area contributed by atoms with E-state index in [-0.39, 0.29) is 5.54 Å². The predicted octanol–water partition coefficient (Wildman–Crippen LogP) is 1.46. The number of nitrogens with zero attached hydrogens (tertiary/aromatic N) is 2. The van der Waals surface area contributed by atoms with Gasteiger partial charge in [0.15, 0.2) is 0 Å². The third-order valence-electron chi connectivity index (χ3n) is 2.17. The molecule has 4 nitrogen and oxygen atoms in total. The van der Waals surface area contributed by atoms with Crippen molar-refractivity contribution in [2.24, 2.45) is 0 Å². The maximum absolute atomic E-state index is 5.20. The number of nitrogens with one attached hydrogen (secondary N) is 1. The van der Waals surface area contributed by atoms with E-state index in [2.05, 4.69) is 35.6 Å². The van der Waals surface area contributed by atoms with Crippen LogP contribution in [0.15, 0.2) is 18.7 Å². The Kier molecular flexibility index (Phi) is 4.29. The molecule has 86 valence electrons. The van der Waals surface area contributed by atoms with Crippen molar-refractivity contribution < 1.29 is 4.74 Å². The number of imidazole rings is 1. The Hall–Kier alpha value is -0.870. The number of hydrogen-bond acceptors (Lipinski definition) is 3. The van der Waals surface area contributed by atoms with Crippen LogP contribution in [0.25, 0.3) is 0 Å². The minimum Gasteiger partial charge on any atom is -0.382 e. The van der Waals surface area contributed by atoms with E-state index in [1.165, 1.54) is 0 Å². The fourth-order valence-corrected chi connectivity index (χ4v) is 1.35. The van der Waals surface area contributed by atoms with Crippen LogP contribution in [0.3, 0.4) is 0 Å². The molecule has 4 heteroatoms. The van der Waals surface area contributed by atoms with E-state index in [4.69, 9.17) is 4.74 Å². The summed E-state index contributed by atoms with van der Waals surface area (Å²) in [6.45, 7) is 8.05. The lowest BCUT2D eigenvalue weighted by Gasteiger charge is -2.25. The summed E-state index contributed by atoms with van der Waals surface area (Å²) in [4.78, 5) is 4.05. The molecule has 1 aromatic rings. The van der Waals surface area contributed by atoms with Gasteiger partial charge in [-0.05, 0) is 20.8 Å². The van der Waals surface area contributed by atoms with Crippen molar-refractivity contribution in [1.82, 2.24) is 14.9 Å². The molecule has 0 aromatic carbocycles. The van der Waals surface area contributed by atoms with Gasteiger partial charge in [0.2, 0.25) is 0 Å². The summed E-state index contributed by atoms with van der Waals surface area (Å²) in [6, 6.07) is 0.303. The normalized spacial score (nSPS) is 14.1. The summed E-state index contributed by atoms with van der Waals surface area (Å²) in [5.74, 6) is 0. The minimum atomic E-state index is 0.132. The van der Waals surface area contributed by atoms with Crippen molar-refractivity contribution in [3.05, 3.63) is 18.7 Å². The molecule has 0 saturated heterocycles. The Labute approximate surface area is 91.7 Å². The third kappa shape index (κ3) is 4.44. The molecule has 1 unspecified atom stereocenters. The van der Waals surface area contributed by atoms with E-state index in [1.54, 1.807) is 13.3 Å². The second kappa shape index (κ2) is 5.28. The highest BCUT2D eigenvalue weighted by molar-refractivity contribution is 4.83. The standard InChI is InChI=1S/C11H21N3O/c1-11(2,3)13-7-10(8-15-4)14-6-5-12-9-14/h5-6,9-10,13H,7-8H2,1-4H3. The molecule has 1 rings (SSSR count). The molecule has 0 amide bonds. The lowest BCUT2D eigenvalue weighted by molar-refractivity contribution is 0.149. The van der Waals surface area contributed by atoms with Crippen molar-refractivity contribution in [2.45, 2.75) is 32.4 Å². The molecule has 0 aliphatic carbocycles. The topological polar surface area (TPSA) is 39.1 Å². The molecule has 1 heterocycles. The van der Waals surface area contributed by atoms with E-state index in [9.17, 15) is 0 Å². The number of ether oxygens (including phenoxy) is 1. The molecule has 0 bridgehead atoms. The fourth-order valence-electron chi connectivity index (χ4n) is 1.35. The van der Waals surface area contributed by atoms with E-state index in [0.717, 1.165) is 6.54 Å². The van der Waals surface area contributed by atoms with Gasteiger partial charge in [0.05, 0.1) is 19.0 Å². The fraction of sp³-hybridized carbons (Fsp3) is 0.727. The first kappa shape index (κ1) is 12.2. The average Bonchev–Trinajstić information content (AvgIpc) is 2.63. The van der Waals surface area contributed by atoms with E-state index >= 15 is 0 Å². The Morgan fingerprint density at radius 1 is 1.47 bits per heavy atom. The number of methoxy groups -OCH3 is 1. The van der Waals surface area contributed by atoms with Crippen LogP contribution in [0, 0.1) is 0 Å². The summed E-state index contributed by atoms with van der Waals surface area (Å²) in [5.41, 5.74) is 0.132. The largest absolute Gasteiger partial charge is 0.382 e. The zero-order chi connectivity index (χ0) is 11.3. The lowest BCUT2D eigenvalue weighted by Crippen LogP contribution is -2.40. The molecule has 1 atom stereocenters. The maximum atomic E-state index is 5.20. The van der Waals surface area contributed by atoms with Gasteiger partial charge in [0.1, 0.15) is 0 Å². The van der Waals surface area contributed by atoms with Gasteiger partial charge < -0.3 is 14.6 Å². The summed E-state index contributed by atoms with van der Waals surface area (Å²) in [7, 11) is 1.72. The molecular formula is C11H21N3O. The van der Waals surface area contributed by atoms with Crippen molar-refractivity contribution in [3.8, 4) is 0 Å². The zero-order valence-corrected chi connectivity index (χ0v) is 10.0. The summed E-state index contributed by atoms with van der Waals surface area (Å²) >= 11 is 0. The predicted molar refractivity (Wildman–Crippen MR) is 60.9 cm³/mol. The van der Waals surface area contributed by atoms with Gasteiger partial charge in [-0.1, -0.05) is 0 Å². The summed E-state index contributed by atoms with van der Waals surface area (Å²) in [5, 5.41) is 3.47. The first-order valence-electron chi connectivity index (χ1n) is 5.24. The van der Waals surface area contributed by atoms with Gasteiger partial charge in [-0.15, -0.1) is 0 Å². The highest BCUT2D eigenvalue weighted by atomic mass is 16.5. The van der Waals surface area contributed by atoms with E-state index < -0.39 is 0 Å². The van der Waals surface area contributed by atoms with Crippen molar-refractivity contribution in [3.63, 3.8) is 0 Å². The Bertz CT molecular complexity index is 264. The van der Waals surface area contributed by atoms with E-state index in [1.807, 2.05) is 12.5 Å². The van der Waals surface area contributed by atoms with Crippen molar-refractivity contribution >= 4 is 0 Å². The van der Waals surface area contributed by atoms with Crippen LogP contribution in [0.2, 0.25) is 0 Å². The smallest absolute Gasteiger partial charge is 0.0949 e. The van der Waals surface area contributed by atoms with Crippen LogP contribution < -0.4 is 5.32 Å². The molecule has 0 saturated carbocycles. The van der Waals surface area contributed by atoms with Gasteiger partial charge in [0.25, 0.3) is 0 Å². The Balaban J connectivity index is 2.52. The molecule has 0 aliphatic heterocycles.